The van der Waals surface area contributed by atoms with Crippen molar-refractivity contribution in [1.29, 1.82) is 0 Å². The van der Waals surface area contributed by atoms with Crippen LogP contribution in [0.4, 0.5) is 0 Å². The molecule has 0 N–H and O–H groups in total. The van der Waals surface area contributed by atoms with Gasteiger partial charge < -0.3 is 9.12 Å². The summed E-state index contributed by atoms with van der Waals surface area (Å²) in [4.78, 5) is -0.334. The van der Waals surface area contributed by atoms with Gasteiger partial charge in [-0.1, -0.05) is 60.7 Å². The van der Waals surface area contributed by atoms with Gasteiger partial charge in [-0.2, -0.15) is 0 Å². The molecule has 0 aliphatic carbocycles. The predicted molar refractivity (Wildman–Crippen MR) is 93.8 cm³/mol. The van der Waals surface area contributed by atoms with E-state index in [2.05, 4.69) is 0 Å². The Morgan fingerprint density at radius 1 is 0.640 bits per heavy atom. The van der Waals surface area contributed by atoms with Crippen LogP contribution in [0.25, 0.3) is 0 Å². The summed E-state index contributed by atoms with van der Waals surface area (Å²) in [7, 11) is -7.68. The summed E-state index contributed by atoms with van der Waals surface area (Å²) in [5, 5.41) is 1.77. The second-order valence-electron chi connectivity index (χ2n) is 5.23. The first-order valence-electron chi connectivity index (χ1n) is 7.20. The summed E-state index contributed by atoms with van der Waals surface area (Å²) in [6.07, 6.45) is 0. The van der Waals surface area contributed by atoms with E-state index in [1.165, 1.54) is 24.3 Å². The minimum Gasteiger partial charge on any atom is -0.744 e. The molecule has 0 bridgehead atoms. The summed E-state index contributed by atoms with van der Waals surface area (Å²) in [5.41, 5.74) is 0. The summed E-state index contributed by atoms with van der Waals surface area (Å²) in [6, 6.07) is 23.4. The Balaban J connectivity index is 0.00000225. The predicted octanol–water partition coefficient (Wildman–Crippen LogP) is -0.766. The van der Waals surface area contributed by atoms with Gasteiger partial charge in [0.15, 0.2) is 7.14 Å². The number of benzene rings is 3. The van der Waals surface area contributed by atoms with E-state index in [1.54, 1.807) is 48.5 Å². The molecular weight excluding hydrogens is 382 g/mol. The second kappa shape index (κ2) is 8.42. The Labute approximate surface area is 189 Å². The summed E-state index contributed by atoms with van der Waals surface area (Å²) >= 11 is 0. The Morgan fingerprint density at radius 2 is 1.00 bits per heavy atom. The number of hydrogen-bond acceptors (Lipinski definition) is 4. The van der Waals surface area contributed by atoms with Gasteiger partial charge in [-0.25, -0.2) is 8.42 Å². The van der Waals surface area contributed by atoms with Crippen molar-refractivity contribution in [3.63, 3.8) is 0 Å². The van der Waals surface area contributed by atoms with Gasteiger partial charge in [0.1, 0.15) is 10.1 Å². The molecule has 0 atom stereocenters. The minimum absolute atomic E-state index is 0. The van der Waals surface area contributed by atoms with Crippen LogP contribution in [-0.4, -0.2) is 13.0 Å². The molecule has 0 radical (unpaired) electrons. The van der Waals surface area contributed by atoms with Crippen LogP contribution in [0.15, 0.2) is 89.8 Å². The number of rotatable bonds is 4. The van der Waals surface area contributed by atoms with Gasteiger partial charge in [0, 0.05) is 15.9 Å². The van der Waals surface area contributed by atoms with E-state index < -0.39 is 17.3 Å². The summed E-state index contributed by atoms with van der Waals surface area (Å²) in [5.74, 6) is 0. The van der Waals surface area contributed by atoms with Gasteiger partial charge in [0.05, 0.1) is 4.90 Å². The van der Waals surface area contributed by atoms with E-state index in [1.807, 2.05) is 12.1 Å². The third-order valence-corrected chi connectivity index (χ3v) is 7.65. The van der Waals surface area contributed by atoms with Gasteiger partial charge in [-0.15, -0.1) is 0 Å². The molecule has 0 fully saturated rings. The first-order valence-corrected chi connectivity index (χ1v) is 10.3. The molecule has 3 aromatic rings. The van der Waals surface area contributed by atoms with Crippen molar-refractivity contribution in [2.24, 2.45) is 0 Å². The third kappa shape index (κ3) is 4.41. The standard InChI is InChI=1S/C18H15O4PS.K/c19-23(15-7-3-1-4-8-15,16-9-5-2-6-10-16)17-11-13-18(14-12-17)24(20,21)22;/h1-14H,(H,20,21,22);/q;+1/p-1. The SMILES string of the molecule is O=P(c1ccccc1)(c1ccccc1)c1ccc(S(=O)(=O)[O-])cc1.[K+]. The van der Waals surface area contributed by atoms with Crippen molar-refractivity contribution in [2.45, 2.75) is 4.90 Å². The average molecular weight is 396 g/mol. The first-order chi connectivity index (χ1) is 11.4. The van der Waals surface area contributed by atoms with Crippen molar-refractivity contribution in [3.8, 4) is 0 Å². The van der Waals surface area contributed by atoms with Gasteiger partial charge in [0.2, 0.25) is 0 Å². The zero-order chi connectivity index (χ0) is 17.2. The molecule has 25 heavy (non-hydrogen) atoms. The molecule has 0 aromatic heterocycles. The van der Waals surface area contributed by atoms with E-state index >= 15 is 0 Å². The van der Waals surface area contributed by atoms with Crippen molar-refractivity contribution in [2.75, 3.05) is 0 Å². The fourth-order valence-corrected chi connectivity index (χ4v) is 5.66. The Hall–Kier alpha value is -0.564. The fraction of sp³-hybridized carbons (Fsp3) is 0. The van der Waals surface area contributed by atoms with Crippen LogP contribution in [0.2, 0.25) is 0 Å². The molecular formula is C18H14KO4PS. The van der Waals surface area contributed by atoms with E-state index in [0.717, 1.165) is 0 Å². The minimum atomic E-state index is -4.53. The van der Waals surface area contributed by atoms with Crippen LogP contribution < -0.4 is 67.3 Å². The zero-order valence-corrected chi connectivity index (χ0v) is 18.4. The molecule has 0 aliphatic rings. The normalized spacial score (nSPS) is 11.6. The van der Waals surface area contributed by atoms with Gasteiger partial charge in [-0.3, -0.25) is 0 Å². The third-order valence-electron chi connectivity index (χ3n) is 3.73. The maximum atomic E-state index is 14.0. The molecule has 4 nitrogen and oxygen atoms in total. The maximum Gasteiger partial charge on any atom is 1.00 e. The molecule has 0 aliphatic heterocycles. The van der Waals surface area contributed by atoms with E-state index in [-0.39, 0.29) is 56.3 Å². The van der Waals surface area contributed by atoms with Crippen LogP contribution in [0, 0.1) is 0 Å². The van der Waals surface area contributed by atoms with E-state index in [4.69, 9.17) is 0 Å². The maximum absolute atomic E-state index is 14.0. The smallest absolute Gasteiger partial charge is 0.744 e. The quantitative estimate of drug-likeness (QED) is 0.330. The topological polar surface area (TPSA) is 74.3 Å². The van der Waals surface area contributed by atoms with Gasteiger partial charge >= 0.3 is 51.4 Å². The van der Waals surface area contributed by atoms with Crippen molar-refractivity contribution in [1.82, 2.24) is 0 Å². The van der Waals surface area contributed by atoms with E-state index in [9.17, 15) is 17.5 Å². The molecule has 3 rings (SSSR count). The van der Waals surface area contributed by atoms with Gasteiger partial charge in [-0.05, 0) is 24.3 Å². The van der Waals surface area contributed by atoms with Crippen LogP contribution in [-0.2, 0) is 14.7 Å². The van der Waals surface area contributed by atoms with Crippen molar-refractivity contribution < 1.29 is 68.9 Å². The molecule has 0 saturated carbocycles. The Kier molecular flexibility index (Phi) is 6.99. The molecule has 122 valence electrons. The summed E-state index contributed by atoms with van der Waals surface area (Å²) < 4.78 is 47.3. The Morgan fingerprint density at radius 3 is 1.36 bits per heavy atom. The van der Waals surface area contributed by atoms with Gasteiger partial charge in [0.25, 0.3) is 0 Å². The molecule has 0 spiro atoms. The molecule has 0 saturated heterocycles. The monoisotopic (exact) mass is 396 g/mol. The molecule has 0 heterocycles. The van der Waals surface area contributed by atoms with Crippen LogP contribution in [0.3, 0.4) is 0 Å². The molecule has 0 amide bonds. The van der Waals surface area contributed by atoms with E-state index in [0.29, 0.717) is 15.9 Å². The zero-order valence-electron chi connectivity index (χ0n) is 13.6. The fourth-order valence-electron chi connectivity index (χ4n) is 2.55. The van der Waals surface area contributed by atoms with Crippen LogP contribution in [0.5, 0.6) is 0 Å². The van der Waals surface area contributed by atoms with Crippen molar-refractivity contribution in [3.05, 3.63) is 84.9 Å². The van der Waals surface area contributed by atoms with Crippen LogP contribution in [0.1, 0.15) is 0 Å². The molecule has 3 aromatic carbocycles. The second-order valence-corrected chi connectivity index (χ2v) is 9.38. The number of hydrogen-bond donors (Lipinski definition) is 0. The van der Waals surface area contributed by atoms with Crippen LogP contribution >= 0.6 is 7.14 Å². The first kappa shape index (κ1) is 20.7. The van der Waals surface area contributed by atoms with Crippen molar-refractivity contribution >= 4 is 33.2 Å². The Bertz CT molecular complexity index is 945. The summed E-state index contributed by atoms with van der Waals surface area (Å²) in [6.45, 7) is 0. The molecule has 7 heteroatoms. The molecule has 0 unspecified atom stereocenters. The average Bonchev–Trinajstić information content (AvgIpc) is 2.62. The largest absolute Gasteiger partial charge is 1.00 e.